The highest BCUT2D eigenvalue weighted by Crippen LogP contribution is 2.41. The molecule has 0 spiro atoms. The van der Waals surface area contributed by atoms with Crippen LogP contribution in [0.5, 0.6) is 5.75 Å². The molecular weight excluding hydrogens is 999 g/mol. The van der Waals surface area contributed by atoms with Crippen LogP contribution in [-0.4, -0.2) is 188 Å². The molecule has 3 aliphatic heterocycles. The average Bonchev–Trinajstić information content (AvgIpc) is 3.38. The molecule has 2 aromatic carbocycles. The third-order valence-electron chi connectivity index (χ3n) is 15.7. The molecule has 0 radical (unpaired) electrons. The minimum atomic E-state index is -1.95. The molecule has 2 aromatic rings. The van der Waals surface area contributed by atoms with Crippen LogP contribution in [0.15, 0.2) is 54.6 Å². The maximum absolute atomic E-state index is 15.0. The number of carbonyl (C=O) groups excluding carboxylic acids is 4. The van der Waals surface area contributed by atoms with Crippen LogP contribution in [0, 0.1) is 17.8 Å². The number of para-hydroxylation sites is 1. The number of esters is 1. The molecule has 6 N–H and O–H groups in total. The summed E-state index contributed by atoms with van der Waals surface area (Å²) in [6.07, 6.45) is -11.2. The summed E-state index contributed by atoms with van der Waals surface area (Å²) in [5, 5.41) is 40.3. The van der Waals surface area contributed by atoms with Crippen molar-refractivity contribution in [2.45, 2.75) is 192 Å². The number of aliphatic hydroxyl groups excluding tert-OH is 1. The topological polar surface area (TPSA) is 255 Å². The SMILES string of the molecule is CC[C@H]1OC(=O)[C@H](C)[C@@H](O[C@H]2C[C@@](C)(OC)[C@@H](OC(=O)NNC(=O)c3ccccc3OC)[C@H](C)O2)[C@H](C)[C@@H](O[C@@H]2O[C@H](C)C[C@H](N(C)C)[C@H]2O)[C@](C)(O)C[C@@H](C)CN(C)[C@H](C)[C@@H](OC(=O)NCCc2ccccc2)[C@]1(C)O. The second-order valence-corrected chi connectivity index (χ2v) is 22.4. The van der Waals surface area contributed by atoms with Gasteiger partial charge in [0.05, 0.1) is 48.6 Å². The van der Waals surface area contributed by atoms with E-state index in [0.717, 1.165) is 5.56 Å². The first-order valence-electron chi connectivity index (χ1n) is 26.9. The second-order valence-electron chi connectivity index (χ2n) is 22.4. The van der Waals surface area contributed by atoms with E-state index in [0.29, 0.717) is 25.1 Å². The largest absolute Gasteiger partial charge is 0.496 e. The van der Waals surface area contributed by atoms with E-state index in [1.54, 1.807) is 59.7 Å². The van der Waals surface area contributed by atoms with Gasteiger partial charge in [0, 0.05) is 44.6 Å². The van der Waals surface area contributed by atoms with Crippen LogP contribution in [-0.2, 0) is 49.1 Å². The van der Waals surface area contributed by atoms with Gasteiger partial charge < -0.3 is 68.2 Å². The lowest BCUT2D eigenvalue weighted by molar-refractivity contribution is -0.317. The summed E-state index contributed by atoms with van der Waals surface area (Å²) in [6, 6.07) is 15.1. The molecule has 18 atom stereocenters. The summed E-state index contributed by atoms with van der Waals surface area (Å²) in [7, 11) is 8.42. The summed E-state index contributed by atoms with van der Waals surface area (Å²) in [5.74, 6) is -3.49. The fourth-order valence-electron chi connectivity index (χ4n) is 11.4. The summed E-state index contributed by atoms with van der Waals surface area (Å²) in [6.45, 7) is 17.9. The van der Waals surface area contributed by atoms with E-state index in [1.807, 2.05) is 82.0 Å². The molecular formula is C56H89N5O16. The molecule has 3 heterocycles. The van der Waals surface area contributed by atoms with Gasteiger partial charge in [0.2, 0.25) is 0 Å². The summed E-state index contributed by atoms with van der Waals surface area (Å²) in [5.41, 5.74) is 0.874. The molecule has 0 saturated carbocycles. The Morgan fingerprint density at radius 3 is 2.13 bits per heavy atom. The number of nitrogens with one attached hydrogen (secondary N) is 3. The maximum atomic E-state index is 15.0. The third kappa shape index (κ3) is 16.0. The van der Waals surface area contributed by atoms with Crippen molar-refractivity contribution >= 4 is 24.1 Å². The normalized spacial score (nSPS) is 36.8. The molecule has 5 rings (SSSR count). The fourth-order valence-corrected chi connectivity index (χ4v) is 11.4. The van der Waals surface area contributed by atoms with E-state index in [4.69, 9.17) is 42.6 Å². The molecule has 434 valence electrons. The van der Waals surface area contributed by atoms with Gasteiger partial charge in [0.25, 0.3) is 5.91 Å². The smallest absolute Gasteiger partial charge is 0.426 e. The van der Waals surface area contributed by atoms with Gasteiger partial charge in [-0.05, 0) is 119 Å². The number of methoxy groups -OCH3 is 2. The molecule has 77 heavy (non-hydrogen) atoms. The summed E-state index contributed by atoms with van der Waals surface area (Å²) in [4.78, 5) is 58.7. The lowest BCUT2D eigenvalue weighted by atomic mass is 9.77. The van der Waals surface area contributed by atoms with E-state index >= 15 is 0 Å². The van der Waals surface area contributed by atoms with Crippen LogP contribution in [0.25, 0.3) is 0 Å². The van der Waals surface area contributed by atoms with E-state index in [1.165, 1.54) is 27.2 Å². The molecule has 3 aliphatic rings. The quantitative estimate of drug-likeness (QED) is 0.0830. The Labute approximate surface area is 455 Å². The minimum Gasteiger partial charge on any atom is -0.496 e. The van der Waals surface area contributed by atoms with Crippen molar-refractivity contribution in [1.29, 1.82) is 0 Å². The predicted molar refractivity (Wildman–Crippen MR) is 284 cm³/mol. The van der Waals surface area contributed by atoms with E-state index < -0.39 is 114 Å². The van der Waals surface area contributed by atoms with Gasteiger partial charge in [0.15, 0.2) is 24.8 Å². The number of cyclic esters (lactones) is 1. The van der Waals surface area contributed by atoms with Crippen molar-refractivity contribution in [1.82, 2.24) is 26.0 Å². The Kier molecular flexibility index (Phi) is 22.5. The lowest BCUT2D eigenvalue weighted by Gasteiger charge is -2.49. The second kappa shape index (κ2) is 27.5. The molecule has 21 nitrogen and oxygen atoms in total. The van der Waals surface area contributed by atoms with Gasteiger partial charge in [-0.25, -0.2) is 15.0 Å². The Balaban J connectivity index is 1.50. The van der Waals surface area contributed by atoms with Crippen molar-refractivity contribution in [3.63, 3.8) is 0 Å². The van der Waals surface area contributed by atoms with Gasteiger partial charge in [-0.1, -0.05) is 63.2 Å². The number of nitrogens with zero attached hydrogens (tertiary/aromatic N) is 2. The standard InChI is InChI=1S/C56H89N5O16/c1-16-42-56(10,68)47(76-52(65)57-27-26-38-22-18-17-19-23-38)36(6)61(13)31-32(2)29-54(8,67)46(75-51-44(62)40(60(11)12)28-33(3)71-51)34(4)45(35(5)50(64)73-42)74-43-30-55(9,70-15)48(37(7)72-43)77-53(66)59-58-49(63)39-24-20-21-25-41(39)69-14/h17-25,32-37,40,42-48,51,62,67-68H,16,26-31H2,1-15H3,(H,57,65)(H,58,63)(H,59,66)/t32-,33-,34+,35-,36-,37+,40+,42-,43+,44-,45+,46-,47-,48+,51+,54-,55-,56-/m1/s1. The highest BCUT2D eigenvalue weighted by Gasteiger charge is 2.54. The highest BCUT2D eigenvalue weighted by molar-refractivity contribution is 5.97. The highest BCUT2D eigenvalue weighted by atomic mass is 16.7. The van der Waals surface area contributed by atoms with Crippen LogP contribution in [0.1, 0.15) is 111 Å². The average molecular weight is 1090 g/mol. The molecule has 0 bridgehead atoms. The predicted octanol–water partition coefficient (Wildman–Crippen LogP) is 4.96. The molecule has 3 fully saturated rings. The monoisotopic (exact) mass is 1090 g/mol. The number of alkyl carbamates (subject to hydrolysis) is 1. The molecule has 0 unspecified atom stereocenters. The first-order chi connectivity index (χ1) is 36.2. The van der Waals surface area contributed by atoms with Gasteiger partial charge >= 0.3 is 18.2 Å². The fraction of sp³-hybridized carbons (Fsp3) is 0.714. The first kappa shape index (κ1) is 63.2. The van der Waals surface area contributed by atoms with Crippen molar-refractivity contribution in [3.8, 4) is 5.75 Å². The third-order valence-corrected chi connectivity index (χ3v) is 15.7. The van der Waals surface area contributed by atoms with Gasteiger partial charge in [-0.15, -0.1) is 0 Å². The Morgan fingerprint density at radius 2 is 1.49 bits per heavy atom. The number of carbonyl (C=O) groups is 4. The van der Waals surface area contributed by atoms with Crippen LogP contribution >= 0.6 is 0 Å². The number of likely N-dealkylation sites (N-methyl/N-ethyl adjacent to an activating group) is 2. The molecule has 3 amide bonds. The summed E-state index contributed by atoms with van der Waals surface area (Å²) < 4.78 is 56.2. The number of ether oxygens (including phenoxy) is 9. The van der Waals surface area contributed by atoms with Gasteiger partial charge in [-0.2, -0.15) is 0 Å². The number of rotatable bonds is 14. The number of hydrogen-bond donors (Lipinski definition) is 6. The zero-order valence-electron chi connectivity index (χ0n) is 47.8. The van der Waals surface area contributed by atoms with E-state index in [-0.39, 0.29) is 49.4 Å². The lowest BCUT2D eigenvalue weighted by Crippen LogP contribution is -2.61. The van der Waals surface area contributed by atoms with Crippen molar-refractivity contribution < 1.29 is 77.1 Å². The van der Waals surface area contributed by atoms with Crippen LogP contribution in [0.4, 0.5) is 9.59 Å². The van der Waals surface area contributed by atoms with Crippen molar-refractivity contribution in [2.75, 3.05) is 48.5 Å². The van der Waals surface area contributed by atoms with E-state index in [2.05, 4.69) is 16.2 Å². The van der Waals surface area contributed by atoms with Crippen molar-refractivity contribution in [3.05, 3.63) is 65.7 Å². The molecule has 21 heteroatoms. The number of hydrogen-bond acceptors (Lipinski definition) is 18. The first-order valence-corrected chi connectivity index (χ1v) is 26.9. The van der Waals surface area contributed by atoms with Gasteiger partial charge in [-0.3, -0.25) is 19.9 Å². The zero-order valence-corrected chi connectivity index (χ0v) is 47.8. The zero-order chi connectivity index (χ0) is 57.2. The van der Waals surface area contributed by atoms with Gasteiger partial charge in [0.1, 0.15) is 29.2 Å². The number of hydrazine groups is 1. The molecule has 3 saturated heterocycles. The Bertz CT molecular complexity index is 2220. The molecule has 0 aromatic heterocycles. The Morgan fingerprint density at radius 1 is 0.844 bits per heavy atom. The van der Waals surface area contributed by atoms with Crippen LogP contribution < -0.4 is 20.9 Å². The van der Waals surface area contributed by atoms with Crippen molar-refractivity contribution in [2.24, 2.45) is 17.8 Å². The van der Waals surface area contributed by atoms with Crippen LogP contribution in [0.3, 0.4) is 0 Å². The minimum absolute atomic E-state index is 0.0568. The number of benzene rings is 2. The maximum Gasteiger partial charge on any atom is 0.426 e. The number of aliphatic hydroxyl groups is 3. The summed E-state index contributed by atoms with van der Waals surface area (Å²) >= 11 is 0. The van der Waals surface area contributed by atoms with E-state index in [9.17, 15) is 34.5 Å². The molecule has 0 aliphatic carbocycles. The Hall–Kier alpha value is -4.68. The van der Waals surface area contributed by atoms with Crippen LogP contribution in [0.2, 0.25) is 0 Å². The number of amides is 3.